The topological polar surface area (TPSA) is 86.7 Å². The van der Waals surface area contributed by atoms with Gasteiger partial charge in [0.05, 0.1) is 18.1 Å². The number of anilines is 2. The lowest BCUT2D eigenvalue weighted by atomic mass is 10.1. The van der Waals surface area contributed by atoms with E-state index in [-0.39, 0.29) is 0 Å². The van der Waals surface area contributed by atoms with E-state index >= 15 is 0 Å². The monoisotopic (exact) mass is 447 g/mol. The molecule has 2 aromatic heterocycles. The SMILES string of the molecule is CN(C=O)CCNc1cncc(Oc2ccc(-c3cccc(N4CCN(C)CC4)n3)cc2)n1. The molecule has 9 nitrogen and oxygen atoms in total. The predicted octanol–water partition coefficient (Wildman–Crippen LogP) is 2.58. The largest absolute Gasteiger partial charge is 0.437 e. The first kappa shape index (κ1) is 22.5. The fourth-order valence-corrected chi connectivity index (χ4v) is 3.51. The van der Waals surface area contributed by atoms with Gasteiger partial charge in [0.2, 0.25) is 12.3 Å². The van der Waals surface area contributed by atoms with Crippen molar-refractivity contribution in [3.05, 3.63) is 54.9 Å². The van der Waals surface area contributed by atoms with Crippen molar-refractivity contribution < 1.29 is 9.53 Å². The number of nitrogens with zero attached hydrogens (tertiary/aromatic N) is 6. The molecule has 3 heterocycles. The Hall–Kier alpha value is -3.72. The number of pyridine rings is 1. The third-order valence-electron chi connectivity index (χ3n) is 5.50. The molecule has 0 spiro atoms. The van der Waals surface area contributed by atoms with Crippen molar-refractivity contribution in [1.29, 1.82) is 0 Å². The van der Waals surface area contributed by atoms with Gasteiger partial charge in [-0.15, -0.1) is 0 Å². The van der Waals surface area contributed by atoms with Crippen molar-refractivity contribution >= 4 is 18.0 Å². The Kier molecular flexibility index (Phi) is 7.31. The van der Waals surface area contributed by atoms with Crippen LogP contribution in [0.5, 0.6) is 11.6 Å². The molecular weight excluding hydrogens is 418 g/mol. The van der Waals surface area contributed by atoms with E-state index in [1.54, 1.807) is 24.3 Å². The van der Waals surface area contributed by atoms with Crippen LogP contribution < -0.4 is 15.0 Å². The van der Waals surface area contributed by atoms with Crippen LogP contribution in [0.2, 0.25) is 0 Å². The highest BCUT2D eigenvalue weighted by molar-refractivity contribution is 5.62. The van der Waals surface area contributed by atoms with Gasteiger partial charge in [-0.3, -0.25) is 9.78 Å². The zero-order valence-electron chi connectivity index (χ0n) is 19.0. The number of hydrogen-bond donors (Lipinski definition) is 1. The first-order valence-electron chi connectivity index (χ1n) is 11.0. The molecule has 0 aliphatic carbocycles. The van der Waals surface area contributed by atoms with Crippen LogP contribution in [-0.4, -0.2) is 84.5 Å². The molecule has 0 unspecified atom stereocenters. The van der Waals surface area contributed by atoms with Crippen molar-refractivity contribution in [1.82, 2.24) is 24.8 Å². The van der Waals surface area contributed by atoms with Crippen molar-refractivity contribution in [3.8, 4) is 22.9 Å². The van der Waals surface area contributed by atoms with E-state index in [0.29, 0.717) is 30.5 Å². The highest BCUT2D eigenvalue weighted by Gasteiger charge is 2.15. The maximum Gasteiger partial charge on any atom is 0.239 e. The highest BCUT2D eigenvalue weighted by atomic mass is 16.5. The van der Waals surface area contributed by atoms with Gasteiger partial charge in [-0.05, 0) is 43.4 Å². The second-order valence-electron chi connectivity index (χ2n) is 8.05. The number of carbonyl (C=O) groups is 1. The van der Waals surface area contributed by atoms with Crippen molar-refractivity contribution in [3.63, 3.8) is 0 Å². The van der Waals surface area contributed by atoms with Gasteiger partial charge in [0.1, 0.15) is 17.4 Å². The first-order chi connectivity index (χ1) is 16.1. The number of amides is 1. The maximum atomic E-state index is 10.7. The third-order valence-corrected chi connectivity index (χ3v) is 5.50. The molecule has 1 N–H and O–H groups in total. The minimum Gasteiger partial charge on any atom is -0.437 e. The molecule has 3 aromatic rings. The smallest absolute Gasteiger partial charge is 0.239 e. The molecule has 1 aromatic carbocycles. The molecular formula is C24H29N7O2. The fourth-order valence-electron chi connectivity index (χ4n) is 3.51. The Bertz CT molecular complexity index is 1050. The van der Waals surface area contributed by atoms with Gasteiger partial charge in [0.15, 0.2) is 0 Å². The molecule has 4 rings (SSSR count). The number of benzene rings is 1. The standard InChI is InChI=1S/C24H29N7O2/c1-29-12-14-31(15-13-29)23-5-3-4-21(27-23)19-6-8-20(9-7-19)33-24-17-25-16-22(28-24)26-10-11-30(2)18-32/h3-9,16-18H,10-15H2,1-2H3,(H,26,28). The molecule has 0 bridgehead atoms. The second kappa shape index (κ2) is 10.7. The summed E-state index contributed by atoms with van der Waals surface area (Å²) in [5, 5.41) is 3.13. The molecule has 0 radical (unpaired) electrons. The molecule has 1 saturated heterocycles. The maximum absolute atomic E-state index is 10.7. The lowest BCUT2D eigenvalue weighted by molar-refractivity contribution is -0.116. The van der Waals surface area contributed by atoms with E-state index in [9.17, 15) is 4.79 Å². The number of carbonyl (C=O) groups excluding carboxylic acids is 1. The van der Waals surface area contributed by atoms with Gasteiger partial charge in [-0.1, -0.05) is 6.07 Å². The summed E-state index contributed by atoms with van der Waals surface area (Å²) in [6.45, 7) is 5.22. The van der Waals surface area contributed by atoms with Gasteiger partial charge in [0, 0.05) is 51.9 Å². The molecule has 1 aliphatic rings. The summed E-state index contributed by atoms with van der Waals surface area (Å²) in [6, 6.07) is 14.0. The Labute approximate surface area is 194 Å². The number of piperazine rings is 1. The van der Waals surface area contributed by atoms with Crippen molar-refractivity contribution in [2.24, 2.45) is 0 Å². The zero-order valence-corrected chi connectivity index (χ0v) is 19.0. The molecule has 0 saturated carbocycles. The number of nitrogens with one attached hydrogen (secondary N) is 1. The minimum absolute atomic E-state index is 0.395. The van der Waals surface area contributed by atoms with E-state index in [2.05, 4.69) is 44.3 Å². The average Bonchev–Trinajstić information content (AvgIpc) is 2.85. The summed E-state index contributed by atoms with van der Waals surface area (Å²) in [6.07, 6.45) is 3.97. The van der Waals surface area contributed by atoms with Gasteiger partial charge in [0.25, 0.3) is 0 Å². The van der Waals surface area contributed by atoms with Crippen LogP contribution in [0.15, 0.2) is 54.9 Å². The van der Waals surface area contributed by atoms with Crippen LogP contribution in [0.1, 0.15) is 0 Å². The number of likely N-dealkylation sites (N-methyl/N-ethyl adjacent to an activating group) is 2. The molecule has 1 aliphatic heterocycles. The van der Waals surface area contributed by atoms with Crippen LogP contribution in [0.3, 0.4) is 0 Å². The number of ether oxygens (including phenoxy) is 1. The van der Waals surface area contributed by atoms with E-state index in [4.69, 9.17) is 9.72 Å². The lowest BCUT2D eigenvalue weighted by Gasteiger charge is -2.33. The Morgan fingerprint density at radius 3 is 2.61 bits per heavy atom. The van der Waals surface area contributed by atoms with E-state index in [0.717, 1.165) is 49.7 Å². The predicted molar refractivity (Wildman–Crippen MR) is 129 cm³/mol. The number of aromatic nitrogens is 3. The summed E-state index contributed by atoms with van der Waals surface area (Å²) in [4.78, 5) is 30.3. The number of hydrogen-bond acceptors (Lipinski definition) is 8. The molecule has 172 valence electrons. The van der Waals surface area contributed by atoms with Gasteiger partial charge < -0.3 is 24.8 Å². The second-order valence-corrected chi connectivity index (χ2v) is 8.05. The van der Waals surface area contributed by atoms with E-state index in [1.807, 2.05) is 30.3 Å². The summed E-state index contributed by atoms with van der Waals surface area (Å²) < 4.78 is 5.87. The summed E-state index contributed by atoms with van der Waals surface area (Å²) in [5.41, 5.74) is 1.96. The Morgan fingerprint density at radius 1 is 1.06 bits per heavy atom. The quantitative estimate of drug-likeness (QED) is 0.501. The van der Waals surface area contributed by atoms with Gasteiger partial charge >= 0.3 is 0 Å². The van der Waals surface area contributed by atoms with Gasteiger partial charge in [-0.2, -0.15) is 4.98 Å². The fraction of sp³-hybridized carbons (Fsp3) is 0.333. The highest BCUT2D eigenvalue weighted by Crippen LogP contribution is 2.26. The zero-order chi connectivity index (χ0) is 23.0. The molecule has 33 heavy (non-hydrogen) atoms. The summed E-state index contributed by atoms with van der Waals surface area (Å²) in [7, 11) is 3.87. The van der Waals surface area contributed by atoms with E-state index in [1.165, 1.54) is 0 Å². The first-order valence-corrected chi connectivity index (χ1v) is 11.0. The van der Waals surface area contributed by atoms with Crippen molar-refractivity contribution in [2.45, 2.75) is 0 Å². The van der Waals surface area contributed by atoms with Crippen LogP contribution in [0, 0.1) is 0 Å². The molecule has 0 atom stereocenters. The lowest BCUT2D eigenvalue weighted by Crippen LogP contribution is -2.44. The van der Waals surface area contributed by atoms with Crippen LogP contribution in [0.25, 0.3) is 11.3 Å². The Morgan fingerprint density at radius 2 is 1.85 bits per heavy atom. The van der Waals surface area contributed by atoms with Crippen LogP contribution >= 0.6 is 0 Å². The molecule has 1 fully saturated rings. The molecule has 9 heteroatoms. The average molecular weight is 448 g/mol. The summed E-state index contributed by atoms with van der Waals surface area (Å²) >= 11 is 0. The van der Waals surface area contributed by atoms with Gasteiger partial charge in [-0.25, -0.2) is 4.98 Å². The van der Waals surface area contributed by atoms with E-state index < -0.39 is 0 Å². The molecule has 1 amide bonds. The minimum atomic E-state index is 0.395. The number of rotatable bonds is 9. The summed E-state index contributed by atoms with van der Waals surface area (Å²) in [5.74, 6) is 2.67. The van der Waals surface area contributed by atoms with Crippen LogP contribution in [-0.2, 0) is 4.79 Å². The Balaban J connectivity index is 1.38. The van der Waals surface area contributed by atoms with Crippen molar-refractivity contribution in [2.75, 3.05) is 63.6 Å². The third kappa shape index (κ3) is 6.17. The normalized spacial score (nSPS) is 14.1. The van der Waals surface area contributed by atoms with Crippen LogP contribution in [0.4, 0.5) is 11.6 Å².